The Morgan fingerprint density at radius 1 is 1.28 bits per heavy atom. The Bertz CT molecular complexity index is 1110. The highest BCUT2D eigenvalue weighted by molar-refractivity contribution is 9.10. The second-order valence-electron chi connectivity index (χ2n) is 7.43. The topological polar surface area (TPSA) is 74.9 Å². The molecule has 1 aliphatic carbocycles. The SMILES string of the molecule is COc1cc(/C=C2\SC(=Nc3ccccc3)N(C3CCCC3)C2=O)cc(Br)c1OCC#N. The second-order valence-corrected chi connectivity index (χ2v) is 9.30. The number of para-hydroxylation sites is 1. The number of amidine groups is 1. The molecule has 1 saturated carbocycles. The number of methoxy groups -OCH3 is 1. The van der Waals surface area contributed by atoms with Crippen LogP contribution in [0.3, 0.4) is 0 Å². The van der Waals surface area contributed by atoms with Gasteiger partial charge in [-0.3, -0.25) is 9.69 Å². The number of nitriles is 1. The van der Waals surface area contributed by atoms with Gasteiger partial charge in [0.2, 0.25) is 0 Å². The van der Waals surface area contributed by atoms with Crippen LogP contribution in [0.4, 0.5) is 5.69 Å². The molecule has 4 rings (SSSR count). The first kappa shape index (κ1) is 22.4. The van der Waals surface area contributed by atoms with Crippen LogP contribution in [0, 0.1) is 11.3 Å². The highest BCUT2D eigenvalue weighted by atomic mass is 79.9. The third-order valence-corrected chi connectivity index (χ3v) is 6.91. The number of amides is 1. The number of hydrogen-bond donors (Lipinski definition) is 0. The molecule has 0 bridgehead atoms. The molecule has 8 heteroatoms. The van der Waals surface area contributed by atoms with Crippen molar-refractivity contribution in [2.75, 3.05) is 13.7 Å². The zero-order valence-corrected chi connectivity index (χ0v) is 20.0. The molecule has 32 heavy (non-hydrogen) atoms. The molecule has 0 radical (unpaired) electrons. The maximum Gasteiger partial charge on any atom is 0.267 e. The van der Waals surface area contributed by atoms with E-state index in [4.69, 9.17) is 19.7 Å². The van der Waals surface area contributed by atoms with Crippen molar-refractivity contribution in [1.82, 2.24) is 4.90 Å². The van der Waals surface area contributed by atoms with Crippen molar-refractivity contribution in [1.29, 1.82) is 5.26 Å². The molecule has 6 nitrogen and oxygen atoms in total. The number of thioether (sulfide) groups is 1. The highest BCUT2D eigenvalue weighted by Crippen LogP contribution is 2.41. The summed E-state index contributed by atoms with van der Waals surface area (Å²) in [5, 5.41) is 9.53. The van der Waals surface area contributed by atoms with Crippen molar-refractivity contribution in [3.63, 3.8) is 0 Å². The summed E-state index contributed by atoms with van der Waals surface area (Å²) in [4.78, 5) is 20.7. The Balaban J connectivity index is 1.69. The van der Waals surface area contributed by atoms with Gasteiger partial charge in [-0.05, 0) is 76.4 Å². The van der Waals surface area contributed by atoms with Crippen LogP contribution < -0.4 is 9.47 Å². The lowest BCUT2D eigenvalue weighted by Gasteiger charge is -2.22. The zero-order valence-electron chi connectivity index (χ0n) is 17.6. The van der Waals surface area contributed by atoms with Crippen LogP contribution in [0.2, 0.25) is 0 Å². The molecule has 0 atom stereocenters. The smallest absolute Gasteiger partial charge is 0.267 e. The van der Waals surface area contributed by atoms with Crippen molar-refractivity contribution >= 4 is 50.5 Å². The normalized spacial score (nSPS) is 19.0. The number of hydrogen-bond acceptors (Lipinski definition) is 6. The number of carbonyl (C=O) groups excluding carboxylic acids is 1. The standard InChI is InChI=1S/C24H22BrN3O3S/c1-30-20-14-16(13-19(25)22(20)31-12-11-26)15-21-23(29)28(18-9-5-6-10-18)24(32-21)27-17-7-3-2-4-8-17/h2-4,7-8,13-15,18H,5-6,9-10,12H2,1H3/b21-15-,27-24?. The molecule has 2 aromatic carbocycles. The van der Waals surface area contributed by atoms with E-state index < -0.39 is 0 Å². The molecule has 0 spiro atoms. The van der Waals surface area contributed by atoms with Gasteiger partial charge in [-0.15, -0.1) is 0 Å². The predicted molar refractivity (Wildman–Crippen MR) is 130 cm³/mol. The zero-order chi connectivity index (χ0) is 22.5. The fourth-order valence-corrected chi connectivity index (χ4v) is 5.51. The van der Waals surface area contributed by atoms with Crippen LogP contribution >= 0.6 is 27.7 Å². The summed E-state index contributed by atoms with van der Waals surface area (Å²) in [5.74, 6) is 0.930. The van der Waals surface area contributed by atoms with Crippen LogP contribution in [0.15, 0.2) is 56.8 Å². The van der Waals surface area contributed by atoms with Crippen molar-refractivity contribution in [3.05, 3.63) is 57.4 Å². The van der Waals surface area contributed by atoms with Crippen LogP contribution in [0.25, 0.3) is 6.08 Å². The minimum Gasteiger partial charge on any atom is -0.493 e. The molecule has 2 fully saturated rings. The predicted octanol–water partition coefficient (Wildman–Crippen LogP) is 5.91. The Hall–Kier alpha value is -2.76. The summed E-state index contributed by atoms with van der Waals surface area (Å²) >= 11 is 4.88. The summed E-state index contributed by atoms with van der Waals surface area (Å²) in [6.07, 6.45) is 6.11. The molecule has 1 amide bonds. The largest absolute Gasteiger partial charge is 0.493 e. The third kappa shape index (κ3) is 4.84. The second kappa shape index (κ2) is 10.2. The molecule has 0 N–H and O–H groups in total. The van der Waals surface area contributed by atoms with E-state index in [2.05, 4.69) is 15.9 Å². The molecule has 1 heterocycles. The monoisotopic (exact) mass is 511 g/mol. The molecule has 164 valence electrons. The number of aliphatic imine (C=N–C) groups is 1. The maximum atomic E-state index is 13.4. The van der Waals surface area contributed by atoms with Gasteiger partial charge in [0.05, 0.1) is 22.2 Å². The van der Waals surface area contributed by atoms with Gasteiger partial charge in [-0.25, -0.2) is 4.99 Å². The van der Waals surface area contributed by atoms with E-state index in [9.17, 15) is 4.79 Å². The fraction of sp³-hybridized carbons (Fsp3) is 0.292. The highest BCUT2D eigenvalue weighted by Gasteiger charge is 2.39. The first-order chi connectivity index (χ1) is 15.6. The lowest BCUT2D eigenvalue weighted by molar-refractivity contribution is -0.123. The van der Waals surface area contributed by atoms with Gasteiger partial charge in [0, 0.05) is 6.04 Å². The lowest BCUT2D eigenvalue weighted by Crippen LogP contribution is -2.37. The number of nitrogens with zero attached hydrogens (tertiary/aromatic N) is 3. The van der Waals surface area contributed by atoms with Crippen molar-refractivity contribution in [2.45, 2.75) is 31.7 Å². The molecule has 0 aromatic heterocycles. The van der Waals surface area contributed by atoms with E-state index in [0.29, 0.717) is 20.9 Å². The van der Waals surface area contributed by atoms with Crippen LogP contribution in [0.5, 0.6) is 11.5 Å². The number of benzene rings is 2. The number of ether oxygens (including phenoxy) is 2. The molecular weight excluding hydrogens is 490 g/mol. The number of carbonyl (C=O) groups is 1. The van der Waals surface area contributed by atoms with Gasteiger partial charge >= 0.3 is 0 Å². The average Bonchev–Trinajstić information content (AvgIpc) is 3.42. The van der Waals surface area contributed by atoms with Crippen molar-refractivity contribution < 1.29 is 14.3 Å². The summed E-state index contributed by atoms with van der Waals surface area (Å²) < 4.78 is 11.6. The van der Waals surface area contributed by atoms with E-state index in [0.717, 1.165) is 42.1 Å². The summed E-state index contributed by atoms with van der Waals surface area (Å²) in [6.45, 7) is -0.0839. The third-order valence-electron chi connectivity index (χ3n) is 5.34. The van der Waals surface area contributed by atoms with Gasteiger partial charge in [-0.1, -0.05) is 31.0 Å². The Morgan fingerprint density at radius 3 is 2.72 bits per heavy atom. The van der Waals surface area contributed by atoms with Crippen LogP contribution in [0.1, 0.15) is 31.2 Å². The van der Waals surface area contributed by atoms with Crippen molar-refractivity contribution in [3.8, 4) is 17.6 Å². The molecule has 0 unspecified atom stereocenters. The van der Waals surface area contributed by atoms with Crippen molar-refractivity contribution in [2.24, 2.45) is 4.99 Å². The minimum atomic E-state index is -0.0839. The maximum absolute atomic E-state index is 13.4. The first-order valence-corrected chi connectivity index (χ1v) is 12.0. The quantitative estimate of drug-likeness (QED) is 0.450. The van der Waals surface area contributed by atoms with Gasteiger partial charge < -0.3 is 9.47 Å². The fourth-order valence-electron chi connectivity index (χ4n) is 3.88. The van der Waals surface area contributed by atoms with E-state index >= 15 is 0 Å². The number of rotatable bonds is 6. The molecule has 2 aliphatic rings. The molecule has 1 aliphatic heterocycles. The van der Waals surface area contributed by atoms with Gasteiger partial charge in [0.1, 0.15) is 6.07 Å². The summed E-state index contributed by atoms with van der Waals surface area (Å²) in [7, 11) is 1.54. The molecule has 1 saturated heterocycles. The average molecular weight is 512 g/mol. The van der Waals surface area contributed by atoms with E-state index in [-0.39, 0.29) is 18.6 Å². The number of halogens is 1. The minimum absolute atomic E-state index is 0.0172. The Labute approximate surface area is 200 Å². The molecular formula is C24H22BrN3O3S. The molecule has 2 aromatic rings. The van der Waals surface area contributed by atoms with E-state index in [1.54, 1.807) is 13.2 Å². The Kier molecular flexibility index (Phi) is 7.18. The first-order valence-electron chi connectivity index (χ1n) is 10.3. The summed E-state index contributed by atoms with van der Waals surface area (Å²) in [6, 6.07) is 15.5. The van der Waals surface area contributed by atoms with E-state index in [1.165, 1.54) is 11.8 Å². The van der Waals surface area contributed by atoms with E-state index in [1.807, 2.05) is 53.4 Å². The van der Waals surface area contributed by atoms with Gasteiger partial charge in [0.25, 0.3) is 5.91 Å². The lowest BCUT2D eigenvalue weighted by atomic mass is 10.1. The van der Waals surface area contributed by atoms with Gasteiger partial charge in [-0.2, -0.15) is 5.26 Å². The summed E-state index contributed by atoms with van der Waals surface area (Å²) in [5.41, 5.74) is 1.62. The van der Waals surface area contributed by atoms with Crippen LogP contribution in [-0.2, 0) is 4.79 Å². The van der Waals surface area contributed by atoms with Crippen LogP contribution in [-0.4, -0.2) is 35.7 Å². The van der Waals surface area contributed by atoms with Gasteiger partial charge in [0.15, 0.2) is 23.3 Å². The Morgan fingerprint density at radius 2 is 2.03 bits per heavy atom.